The quantitative estimate of drug-likeness (QED) is 0.653. The van der Waals surface area contributed by atoms with Gasteiger partial charge in [0.2, 0.25) is 0 Å². The number of hydrogen-bond acceptors (Lipinski definition) is 5. The molecule has 26 heavy (non-hydrogen) atoms. The van der Waals surface area contributed by atoms with E-state index in [1.165, 1.54) is 30.7 Å². The van der Waals surface area contributed by atoms with E-state index in [4.69, 9.17) is 4.42 Å². The van der Waals surface area contributed by atoms with Gasteiger partial charge in [0, 0.05) is 37.3 Å². The molecule has 8 nitrogen and oxygen atoms in total. The molecule has 1 saturated heterocycles. The molecule has 0 atom stereocenters. The van der Waals surface area contributed by atoms with Crippen LogP contribution in [0.5, 0.6) is 0 Å². The Hall–Kier alpha value is -3.16. The van der Waals surface area contributed by atoms with Crippen LogP contribution in [0, 0.1) is 16.0 Å². The number of furan rings is 1. The average Bonchev–Trinajstić information content (AvgIpc) is 3.21. The van der Waals surface area contributed by atoms with Gasteiger partial charge in [0.15, 0.2) is 0 Å². The number of nitro benzene ring substituents is 1. The zero-order valence-corrected chi connectivity index (χ0v) is 14.1. The van der Waals surface area contributed by atoms with E-state index in [2.05, 4.69) is 5.32 Å². The fourth-order valence-electron chi connectivity index (χ4n) is 3.01. The molecule has 1 aliphatic rings. The van der Waals surface area contributed by atoms with Crippen LogP contribution in [0.4, 0.5) is 5.69 Å². The molecule has 1 aliphatic heterocycles. The van der Waals surface area contributed by atoms with E-state index in [-0.39, 0.29) is 29.0 Å². The number of carbonyl (C=O) groups excluding carboxylic acids is 2. The lowest BCUT2D eigenvalue weighted by molar-refractivity contribution is -0.384. The van der Waals surface area contributed by atoms with Gasteiger partial charge in [-0.3, -0.25) is 19.7 Å². The number of hydrogen-bond donors (Lipinski definition) is 1. The number of nitrogens with zero attached hydrogens (tertiary/aromatic N) is 2. The molecular weight excluding hydrogens is 338 g/mol. The highest BCUT2D eigenvalue weighted by atomic mass is 16.6. The van der Waals surface area contributed by atoms with Crippen molar-refractivity contribution in [3.8, 4) is 0 Å². The van der Waals surface area contributed by atoms with E-state index < -0.39 is 4.92 Å². The van der Waals surface area contributed by atoms with Gasteiger partial charge in [-0.1, -0.05) is 6.07 Å². The fraction of sp³-hybridized carbons (Fsp3) is 0.333. The van der Waals surface area contributed by atoms with E-state index in [9.17, 15) is 19.7 Å². The van der Waals surface area contributed by atoms with Gasteiger partial charge >= 0.3 is 0 Å². The molecule has 0 spiro atoms. The Morgan fingerprint density at radius 2 is 2.00 bits per heavy atom. The number of likely N-dealkylation sites (tertiary alicyclic amines) is 1. The van der Waals surface area contributed by atoms with Crippen LogP contribution in [0.15, 0.2) is 47.3 Å². The van der Waals surface area contributed by atoms with E-state index in [1.807, 2.05) is 0 Å². The minimum atomic E-state index is -0.524. The zero-order chi connectivity index (χ0) is 18.5. The summed E-state index contributed by atoms with van der Waals surface area (Å²) in [5.74, 6) is -0.102. The summed E-state index contributed by atoms with van der Waals surface area (Å²) < 4.78 is 4.94. The van der Waals surface area contributed by atoms with Gasteiger partial charge in [-0.15, -0.1) is 0 Å². The summed E-state index contributed by atoms with van der Waals surface area (Å²) in [6, 6.07) is 7.31. The van der Waals surface area contributed by atoms with Crippen LogP contribution in [-0.2, 0) is 0 Å². The summed E-state index contributed by atoms with van der Waals surface area (Å²) in [5.41, 5.74) is 0.706. The van der Waals surface area contributed by atoms with E-state index >= 15 is 0 Å². The molecule has 0 saturated carbocycles. The Bertz CT molecular complexity index is 795. The van der Waals surface area contributed by atoms with Crippen LogP contribution in [0.3, 0.4) is 0 Å². The van der Waals surface area contributed by atoms with Gasteiger partial charge in [-0.05, 0) is 30.9 Å². The fourth-order valence-corrected chi connectivity index (χ4v) is 3.01. The second-order valence-corrected chi connectivity index (χ2v) is 6.27. The third kappa shape index (κ3) is 4.08. The number of carbonyl (C=O) groups is 2. The predicted molar refractivity (Wildman–Crippen MR) is 92.8 cm³/mol. The van der Waals surface area contributed by atoms with Crippen molar-refractivity contribution in [1.29, 1.82) is 0 Å². The van der Waals surface area contributed by atoms with Crippen molar-refractivity contribution in [1.82, 2.24) is 10.2 Å². The molecule has 3 rings (SSSR count). The Morgan fingerprint density at radius 1 is 1.23 bits per heavy atom. The van der Waals surface area contributed by atoms with Crippen LogP contribution >= 0.6 is 0 Å². The summed E-state index contributed by atoms with van der Waals surface area (Å²) >= 11 is 0. The monoisotopic (exact) mass is 357 g/mol. The molecule has 0 bridgehead atoms. The van der Waals surface area contributed by atoms with Gasteiger partial charge in [0.1, 0.15) is 6.26 Å². The van der Waals surface area contributed by atoms with Crippen molar-refractivity contribution in [3.63, 3.8) is 0 Å². The minimum absolute atomic E-state index is 0.0437. The molecule has 2 aromatic rings. The smallest absolute Gasteiger partial charge is 0.270 e. The Labute approximate surface area is 149 Å². The molecule has 1 aromatic heterocycles. The van der Waals surface area contributed by atoms with Crippen LogP contribution in [0.2, 0.25) is 0 Å². The predicted octanol–water partition coefficient (Wildman–Crippen LogP) is 2.47. The molecule has 0 aliphatic carbocycles. The molecular formula is C18H19N3O5. The standard InChI is InChI=1S/C18H19N3O5/c22-17(14-2-1-3-16(10-14)21(24)25)19-11-13-4-7-20(8-5-13)18(23)15-6-9-26-12-15/h1-3,6,9-10,12-13H,4-5,7-8,11H2,(H,19,22). The SMILES string of the molecule is O=C(NCC1CCN(C(=O)c2ccoc2)CC1)c1cccc([N+](=O)[O-])c1. The number of amides is 2. The number of nitrogens with one attached hydrogen (secondary N) is 1. The lowest BCUT2D eigenvalue weighted by atomic mass is 9.96. The highest BCUT2D eigenvalue weighted by Gasteiger charge is 2.24. The van der Waals surface area contributed by atoms with Gasteiger partial charge in [-0.2, -0.15) is 0 Å². The molecule has 8 heteroatoms. The maximum atomic E-state index is 12.2. The third-order valence-electron chi connectivity index (χ3n) is 4.54. The summed E-state index contributed by atoms with van der Waals surface area (Å²) in [7, 11) is 0. The van der Waals surface area contributed by atoms with Crippen molar-refractivity contribution in [2.45, 2.75) is 12.8 Å². The number of nitro groups is 1. The van der Waals surface area contributed by atoms with Gasteiger partial charge in [0.25, 0.3) is 17.5 Å². The Morgan fingerprint density at radius 3 is 2.65 bits per heavy atom. The zero-order valence-electron chi connectivity index (χ0n) is 14.1. The van der Waals surface area contributed by atoms with Crippen LogP contribution in [-0.4, -0.2) is 41.3 Å². The van der Waals surface area contributed by atoms with Crippen LogP contribution in [0.25, 0.3) is 0 Å². The lowest BCUT2D eigenvalue weighted by Crippen LogP contribution is -2.41. The molecule has 2 heterocycles. The van der Waals surface area contributed by atoms with Gasteiger partial charge in [0.05, 0.1) is 16.7 Å². The molecule has 136 valence electrons. The van der Waals surface area contributed by atoms with Gasteiger partial charge < -0.3 is 14.6 Å². The second kappa shape index (κ2) is 7.81. The van der Waals surface area contributed by atoms with E-state index in [0.717, 1.165) is 12.8 Å². The highest BCUT2D eigenvalue weighted by Crippen LogP contribution is 2.19. The topological polar surface area (TPSA) is 106 Å². The number of non-ortho nitro benzene ring substituents is 1. The van der Waals surface area contributed by atoms with Crippen molar-refractivity contribution in [2.75, 3.05) is 19.6 Å². The number of benzene rings is 1. The van der Waals surface area contributed by atoms with Gasteiger partial charge in [-0.25, -0.2) is 0 Å². The third-order valence-corrected chi connectivity index (χ3v) is 4.54. The first-order valence-corrected chi connectivity index (χ1v) is 8.38. The first kappa shape index (κ1) is 17.7. The Kier molecular flexibility index (Phi) is 5.31. The molecule has 1 fully saturated rings. The maximum Gasteiger partial charge on any atom is 0.270 e. The molecule has 2 amide bonds. The number of rotatable bonds is 5. The summed E-state index contributed by atoms with van der Waals surface area (Å²) in [6.07, 6.45) is 4.49. The first-order valence-electron chi connectivity index (χ1n) is 8.38. The average molecular weight is 357 g/mol. The van der Waals surface area contributed by atoms with Crippen molar-refractivity contribution in [2.24, 2.45) is 5.92 Å². The van der Waals surface area contributed by atoms with Crippen molar-refractivity contribution in [3.05, 3.63) is 64.1 Å². The lowest BCUT2D eigenvalue weighted by Gasteiger charge is -2.31. The summed E-state index contributed by atoms with van der Waals surface area (Å²) in [4.78, 5) is 36.5. The minimum Gasteiger partial charge on any atom is -0.472 e. The van der Waals surface area contributed by atoms with Crippen molar-refractivity contribution >= 4 is 17.5 Å². The molecule has 1 aromatic carbocycles. The summed E-state index contributed by atoms with van der Waals surface area (Å²) in [6.45, 7) is 1.73. The van der Waals surface area contributed by atoms with Crippen LogP contribution in [0.1, 0.15) is 33.6 Å². The second-order valence-electron chi connectivity index (χ2n) is 6.27. The highest BCUT2D eigenvalue weighted by molar-refractivity contribution is 5.95. The number of piperidine rings is 1. The Balaban J connectivity index is 1.48. The molecule has 1 N–H and O–H groups in total. The van der Waals surface area contributed by atoms with E-state index in [0.29, 0.717) is 25.2 Å². The summed E-state index contributed by atoms with van der Waals surface area (Å²) in [5, 5.41) is 13.6. The largest absolute Gasteiger partial charge is 0.472 e. The van der Waals surface area contributed by atoms with E-state index in [1.54, 1.807) is 17.0 Å². The first-order chi connectivity index (χ1) is 12.5. The van der Waals surface area contributed by atoms with Crippen LogP contribution < -0.4 is 5.32 Å². The normalized spacial score (nSPS) is 14.8. The molecule has 0 unspecified atom stereocenters. The van der Waals surface area contributed by atoms with Crippen molar-refractivity contribution < 1.29 is 18.9 Å². The maximum absolute atomic E-state index is 12.2. The molecule has 0 radical (unpaired) electrons.